The maximum atomic E-state index is 5.20. The van der Waals surface area contributed by atoms with E-state index in [4.69, 9.17) is 9.97 Å². The number of aromatic nitrogens is 5. The predicted octanol–water partition coefficient (Wildman–Crippen LogP) is 11.1. The van der Waals surface area contributed by atoms with Crippen molar-refractivity contribution in [2.45, 2.75) is 20.8 Å². The molecule has 9 aromatic rings. The van der Waals surface area contributed by atoms with Crippen molar-refractivity contribution in [1.29, 1.82) is 0 Å². The molecule has 4 heterocycles. The first-order valence-corrected chi connectivity index (χ1v) is 16.9. The number of hydrogen-bond acceptors (Lipinski definition) is 4. The van der Waals surface area contributed by atoms with Crippen molar-refractivity contribution >= 4 is 32.6 Å². The molecule has 5 aromatic carbocycles. The van der Waals surface area contributed by atoms with Crippen molar-refractivity contribution in [1.82, 2.24) is 24.5 Å². The van der Waals surface area contributed by atoms with E-state index >= 15 is 0 Å². The third-order valence-corrected chi connectivity index (χ3v) is 10.0. The minimum absolute atomic E-state index is 0.619. The molecule has 50 heavy (non-hydrogen) atoms. The van der Waals surface area contributed by atoms with Gasteiger partial charge in [-0.2, -0.15) is 0 Å². The molecule has 0 saturated carbocycles. The molecule has 0 aliphatic carbocycles. The van der Waals surface area contributed by atoms with Gasteiger partial charge in [0.2, 0.25) is 0 Å². The molecule has 238 valence electrons. The maximum Gasteiger partial charge on any atom is 0.161 e. The Hall–Kier alpha value is -6.46. The summed E-state index contributed by atoms with van der Waals surface area (Å²) in [6.45, 7) is 6.70. The summed E-state index contributed by atoms with van der Waals surface area (Å²) in [7, 11) is 0. The van der Waals surface area contributed by atoms with Crippen LogP contribution in [0.3, 0.4) is 0 Å². The summed E-state index contributed by atoms with van der Waals surface area (Å²) in [5.41, 5.74) is 14.5. The van der Waals surface area contributed by atoms with Crippen molar-refractivity contribution < 1.29 is 0 Å². The summed E-state index contributed by atoms with van der Waals surface area (Å²) in [5, 5.41) is 4.77. The van der Waals surface area contributed by atoms with Gasteiger partial charge in [-0.25, -0.2) is 9.97 Å². The highest BCUT2D eigenvalue weighted by molar-refractivity contribution is 6.20. The van der Waals surface area contributed by atoms with Gasteiger partial charge in [0.1, 0.15) is 0 Å². The lowest BCUT2D eigenvalue weighted by atomic mass is 9.87. The van der Waals surface area contributed by atoms with E-state index in [1.54, 1.807) is 18.6 Å². The maximum absolute atomic E-state index is 5.20. The van der Waals surface area contributed by atoms with Crippen LogP contribution in [0.25, 0.3) is 83.2 Å². The zero-order chi connectivity index (χ0) is 33.8. The third kappa shape index (κ3) is 4.70. The summed E-state index contributed by atoms with van der Waals surface area (Å²) >= 11 is 0. The summed E-state index contributed by atoms with van der Waals surface area (Å²) in [5.74, 6) is 0.619. The van der Waals surface area contributed by atoms with Gasteiger partial charge in [-0.05, 0) is 95.4 Å². The molecule has 0 unspecified atom stereocenters. The molecule has 0 amide bonds. The van der Waals surface area contributed by atoms with E-state index < -0.39 is 0 Å². The SMILES string of the molecule is Cc1ccccc1-c1cccc(-c2ccc3ccc4c5ccccc5n(-c5cnc(-c6cccnc6)nc5-c5cccnc5)c4c3c2C)c1C. The van der Waals surface area contributed by atoms with Gasteiger partial charge in [0.25, 0.3) is 0 Å². The largest absolute Gasteiger partial charge is 0.305 e. The fourth-order valence-electron chi connectivity index (χ4n) is 7.56. The molecule has 0 atom stereocenters. The Morgan fingerprint density at radius 3 is 1.98 bits per heavy atom. The van der Waals surface area contributed by atoms with Gasteiger partial charge in [0, 0.05) is 52.1 Å². The molecule has 5 nitrogen and oxygen atoms in total. The van der Waals surface area contributed by atoms with Gasteiger partial charge in [0.05, 0.1) is 28.6 Å². The number of pyridine rings is 2. The summed E-state index contributed by atoms with van der Waals surface area (Å²) in [6, 6.07) is 40.9. The van der Waals surface area contributed by atoms with Crippen molar-refractivity contribution in [2.24, 2.45) is 0 Å². The quantitative estimate of drug-likeness (QED) is 0.187. The number of rotatable bonds is 5. The Balaban J connectivity index is 1.36. The van der Waals surface area contributed by atoms with Crippen LogP contribution in [0.15, 0.2) is 146 Å². The van der Waals surface area contributed by atoms with E-state index in [0.29, 0.717) is 5.82 Å². The van der Waals surface area contributed by atoms with Crippen LogP contribution in [0.2, 0.25) is 0 Å². The zero-order valence-electron chi connectivity index (χ0n) is 28.1. The van der Waals surface area contributed by atoms with E-state index in [-0.39, 0.29) is 0 Å². The topological polar surface area (TPSA) is 56.5 Å². The summed E-state index contributed by atoms with van der Waals surface area (Å²) in [6.07, 6.45) is 9.19. The van der Waals surface area contributed by atoms with E-state index in [1.165, 1.54) is 60.5 Å². The van der Waals surface area contributed by atoms with Gasteiger partial charge >= 0.3 is 0 Å². The van der Waals surface area contributed by atoms with Gasteiger partial charge in [-0.1, -0.05) is 84.9 Å². The predicted molar refractivity (Wildman–Crippen MR) is 205 cm³/mol. The molecule has 5 heteroatoms. The van der Waals surface area contributed by atoms with Crippen LogP contribution in [0.5, 0.6) is 0 Å². The minimum Gasteiger partial charge on any atom is -0.305 e. The molecule has 0 bridgehead atoms. The highest BCUT2D eigenvalue weighted by Gasteiger charge is 2.22. The van der Waals surface area contributed by atoms with E-state index in [0.717, 1.165) is 33.5 Å². The van der Waals surface area contributed by atoms with Crippen molar-refractivity contribution in [2.75, 3.05) is 0 Å². The zero-order valence-corrected chi connectivity index (χ0v) is 28.1. The molecule has 0 aliphatic rings. The van der Waals surface area contributed by atoms with E-state index in [1.807, 2.05) is 30.6 Å². The van der Waals surface area contributed by atoms with Gasteiger partial charge in [-0.3, -0.25) is 9.97 Å². The normalized spacial score (nSPS) is 11.5. The Kier molecular flexibility index (Phi) is 7.06. The van der Waals surface area contributed by atoms with E-state index in [9.17, 15) is 0 Å². The molecule has 9 rings (SSSR count). The number of fused-ring (bicyclic) bond motifs is 5. The molecule has 0 spiro atoms. The second-order valence-corrected chi connectivity index (χ2v) is 12.9. The fourth-order valence-corrected chi connectivity index (χ4v) is 7.56. The summed E-state index contributed by atoms with van der Waals surface area (Å²) < 4.78 is 2.36. The minimum atomic E-state index is 0.619. The van der Waals surface area contributed by atoms with Crippen LogP contribution in [0.4, 0.5) is 0 Å². The lowest BCUT2D eigenvalue weighted by molar-refractivity contribution is 1.08. The highest BCUT2D eigenvalue weighted by atomic mass is 15.0. The number of hydrogen-bond donors (Lipinski definition) is 0. The smallest absolute Gasteiger partial charge is 0.161 e. The highest BCUT2D eigenvalue weighted by Crippen LogP contribution is 2.43. The first-order valence-electron chi connectivity index (χ1n) is 16.9. The second-order valence-electron chi connectivity index (χ2n) is 12.9. The molecule has 4 aromatic heterocycles. The van der Waals surface area contributed by atoms with Crippen LogP contribution in [0.1, 0.15) is 16.7 Å². The van der Waals surface area contributed by atoms with Gasteiger partial charge in [-0.15, -0.1) is 0 Å². The molecular weight excluding hydrogens is 611 g/mol. The molecule has 0 aliphatic heterocycles. The Labute approximate surface area is 290 Å². The first-order chi connectivity index (χ1) is 24.6. The molecule has 0 N–H and O–H groups in total. The molecule has 0 saturated heterocycles. The second kappa shape index (κ2) is 11.9. The number of nitrogens with zero attached hydrogens (tertiary/aromatic N) is 5. The van der Waals surface area contributed by atoms with Crippen LogP contribution >= 0.6 is 0 Å². The van der Waals surface area contributed by atoms with E-state index in [2.05, 4.69) is 132 Å². The van der Waals surface area contributed by atoms with Gasteiger partial charge < -0.3 is 4.57 Å². The fraction of sp³-hybridized carbons (Fsp3) is 0.0667. The first kappa shape index (κ1) is 29.7. The van der Waals surface area contributed by atoms with Crippen LogP contribution in [-0.4, -0.2) is 24.5 Å². The Morgan fingerprint density at radius 2 is 1.20 bits per heavy atom. The van der Waals surface area contributed by atoms with Crippen molar-refractivity contribution in [3.63, 3.8) is 0 Å². The lowest BCUT2D eigenvalue weighted by Gasteiger charge is -2.18. The Bertz CT molecular complexity index is 2730. The lowest BCUT2D eigenvalue weighted by Crippen LogP contribution is -2.03. The van der Waals surface area contributed by atoms with Gasteiger partial charge in [0.15, 0.2) is 5.82 Å². The average molecular weight is 644 g/mol. The number of benzene rings is 5. The van der Waals surface area contributed by atoms with Crippen molar-refractivity contribution in [3.05, 3.63) is 163 Å². The molecule has 0 radical (unpaired) electrons. The average Bonchev–Trinajstić information content (AvgIpc) is 3.50. The summed E-state index contributed by atoms with van der Waals surface area (Å²) in [4.78, 5) is 18.9. The van der Waals surface area contributed by atoms with Crippen LogP contribution in [0, 0.1) is 20.8 Å². The third-order valence-electron chi connectivity index (χ3n) is 10.0. The Morgan fingerprint density at radius 1 is 0.520 bits per heavy atom. The van der Waals surface area contributed by atoms with Crippen LogP contribution in [-0.2, 0) is 0 Å². The standard InChI is InChI=1S/C45H33N5/c1-28-11-4-5-14-34(28)35-16-8-17-36(29(35)2)37-21-19-31-20-22-39-38-15-6-7-18-40(38)50(44(39)42(31)30(37)3)41-27-48-45(33-13-10-24-47-26-33)49-43(41)32-12-9-23-46-25-32/h4-27H,1-3H3. The number of para-hydroxylation sites is 1. The van der Waals surface area contributed by atoms with Crippen LogP contribution < -0.4 is 0 Å². The number of aryl methyl sites for hydroxylation is 2. The monoisotopic (exact) mass is 643 g/mol. The molecular formula is C45H33N5. The van der Waals surface area contributed by atoms with Crippen molar-refractivity contribution in [3.8, 4) is 50.6 Å². The molecule has 0 fully saturated rings.